The van der Waals surface area contributed by atoms with Crippen LogP contribution < -0.4 is 14.8 Å². The number of carbonyl (C=O) groups excluding carboxylic acids is 3. The van der Waals surface area contributed by atoms with E-state index < -0.39 is 0 Å². The van der Waals surface area contributed by atoms with Crippen LogP contribution in [-0.4, -0.2) is 42.5 Å². The highest BCUT2D eigenvalue weighted by molar-refractivity contribution is 6.07. The van der Waals surface area contributed by atoms with Gasteiger partial charge in [0.2, 0.25) is 24.5 Å². The Morgan fingerprint density at radius 2 is 1.77 bits per heavy atom. The molecule has 0 bridgehead atoms. The van der Waals surface area contributed by atoms with Crippen LogP contribution in [0.25, 0.3) is 0 Å². The molecule has 3 aliphatic rings. The third-order valence-electron chi connectivity index (χ3n) is 5.07. The molecule has 7 heteroatoms. The molecular formula is C19H20N2O5. The van der Waals surface area contributed by atoms with Gasteiger partial charge in [0, 0.05) is 6.54 Å². The van der Waals surface area contributed by atoms with Gasteiger partial charge in [-0.25, -0.2) is 0 Å². The fourth-order valence-electron chi connectivity index (χ4n) is 3.67. The minimum Gasteiger partial charge on any atom is -0.454 e. The second-order valence-corrected chi connectivity index (χ2v) is 6.71. The first-order valence-corrected chi connectivity index (χ1v) is 8.79. The van der Waals surface area contributed by atoms with Gasteiger partial charge in [0.25, 0.3) is 0 Å². The van der Waals surface area contributed by atoms with E-state index in [1.807, 2.05) is 30.4 Å². The molecule has 1 aromatic rings. The van der Waals surface area contributed by atoms with Crippen molar-refractivity contribution in [3.05, 3.63) is 35.9 Å². The molecule has 1 fully saturated rings. The van der Waals surface area contributed by atoms with Crippen LogP contribution in [0.1, 0.15) is 18.4 Å². The van der Waals surface area contributed by atoms with Crippen LogP contribution in [0.2, 0.25) is 0 Å². The lowest BCUT2D eigenvalue weighted by Gasteiger charge is -2.14. The SMILES string of the molecule is O=C(CN1C(=O)[C@H]2CC=CC[C@@H]2C1=O)NCCc1ccc2c(c1)OCO2. The van der Waals surface area contributed by atoms with Gasteiger partial charge in [-0.3, -0.25) is 19.3 Å². The molecule has 0 aromatic heterocycles. The summed E-state index contributed by atoms with van der Waals surface area (Å²) in [5.74, 6) is 0.0607. The Morgan fingerprint density at radius 1 is 1.08 bits per heavy atom. The molecular weight excluding hydrogens is 336 g/mol. The van der Waals surface area contributed by atoms with Crippen LogP contribution in [-0.2, 0) is 20.8 Å². The van der Waals surface area contributed by atoms with Gasteiger partial charge in [0.1, 0.15) is 6.54 Å². The maximum absolute atomic E-state index is 12.4. The third-order valence-corrected chi connectivity index (χ3v) is 5.07. The van der Waals surface area contributed by atoms with E-state index >= 15 is 0 Å². The molecule has 0 spiro atoms. The Hall–Kier alpha value is -2.83. The lowest BCUT2D eigenvalue weighted by atomic mass is 9.85. The minimum atomic E-state index is -0.320. The van der Waals surface area contributed by atoms with Crippen molar-refractivity contribution >= 4 is 17.7 Å². The van der Waals surface area contributed by atoms with Crippen LogP contribution in [0.4, 0.5) is 0 Å². The third kappa shape index (κ3) is 3.05. The summed E-state index contributed by atoms with van der Waals surface area (Å²) in [6.07, 6.45) is 5.65. The van der Waals surface area contributed by atoms with E-state index in [0.717, 1.165) is 16.2 Å². The summed E-state index contributed by atoms with van der Waals surface area (Å²) >= 11 is 0. The van der Waals surface area contributed by atoms with Crippen LogP contribution in [0.3, 0.4) is 0 Å². The zero-order valence-corrected chi connectivity index (χ0v) is 14.3. The van der Waals surface area contributed by atoms with Gasteiger partial charge in [-0.1, -0.05) is 18.2 Å². The highest BCUT2D eigenvalue weighted by Crippen LogP contribution is 2.35. The molecule has 2 aliphatic heterocycles. The average Bonchev–Trinajstić information content (AvgIpc) is 3.21. The zero-order valence-electron chi connectivity index (χ0n) is 14.3. The first kappa shape index (κ1) is 16.6. The Labute approximate surface area is 150 Å². The number of likely N-dealkylation sites (tertiary alicyclic amines) is 1. The number of imide groups is 1. The van der Waals surface area contributed by atoms with Gasteiger partial charge in [-0.05, 0) is 37.0 Å². The molecule has 3 amide bonds. The Balaban J connectivity index is 1.28. The standard InChI is InChI=1S/C19H20N2O5/c22-17(10-21-18(23)13-3-1-2-4-14(13)19(21)24)20-8-7-12-5-6-15-16(9-12)26-11-25-15/h1-2,5-6,9,13-14H,3-4,7-8,10-11H2,(H,20,22)/t13-,14-/m0/s1. The summed E-state index contributed by atoms with van der Waals surface area (Å²) in [6.45, 7) is 0.444. The Bertz CT molecular complexity index is 762. The van der Waals surface area contributed by atoms with Gasteiger partial charge in [0.15, 0.2) is 11.5 Å². The van der Waals surface area contributed by atoms with Crippen LogP contribution in [0.15, 0.2) is 30.4 Å². The zero-order chi connectivity index (χ0) is 18.1. The number of carbonyl (C=O) groups is 3. The van der Waals surface area contributed by atoms with E-state index in [1.54, 1.807) is 0 Å². The van der Waals surface area contributed by atoms with Gasteiger partial charge in [-0.15, -0.1) is 0 Å². The number of allylic oxidation sites excluding steroid dienone is 2. The van der Waals surface area contributed by atoms with Crippen molar-refractivity contribution in [2.45, 2.75) is 19.3 Å². The molecule has 0 unspecified atom stereocenters. The lowest BCUT2D eigenvalue weighted by molar-refractivity contribution is -0.143. The number of hydrogen-bond donors (Lipinski definition) is 1. The predicted octanol–water partition coefficient (Wildman–Crippen LogP) is 1.03. The van der Waals surface area contributed by atoms with Crippen LogP contribution in [0, 0.1) is 11.8 Å². The summed E-state index contributed by atoms with van der Waals surface area (Å²) in [5.41, 5.74) is 1.01. The predicted molar refractivity (Wildman–Crippen MR) is 91.4 cm³/mol. The van der Waals surface area contributed by atoms with Crippen LogP contribution in [0.5, 0.6) is 11.5 Å². The molecule has 1 saturated heterocycles. The van der Waals surface area contributed by atoms with Crippen molar-refractivity contribution in [2.75, 3.05) is 19.9 Å². The number of nitrogens with zero attached hydrogens (tertiary/aromatic N) is 1. The minimum absolute atomic E-state index is 0.203. The second-order valence-electron chi connectivity index (χ2n) is 6.71. The summed E-state index contributed by atoms with van der Waals surface area (Å²) in [4.78, 5) is 38.0. The molecule has 1 N–H and O–H groups in total. The number of ether oxygens (including phenoxy) is 2. The fourth-order valence-corrected chi connectivity index (χ4v) is 3.67. The van der Waals surface area contributed by atoms with Gasteiger partial charge in [0.05, 0.1) is 11.8 Å². The largest absolute Gasteiger partial charge is 0.454 e. The van der Waals surface area contributed by atoms with Crippen molar-refractivity contribution < 1.29 is 23.9 Å². The molecule has 0 saturated carbocycles. The molecule has 1 aliphatic carbocycles. The molecule has 136 valence electrons. The molecule has 0 radical (unpaired) electrons. The number of nitrogens with one attached hydrogen (secondary N) is 1. The lowest BCUT2D eigenvalue weighted by Crippen LogP contribution is -2.41. The number of fused-ring (bicyclic) bond motifs is 2. The Kier molecular flexibility index (Phi) is 4.36. The van der Waals surface area contributed by atoms with Crippen molar-refractivity contribution in [1.82, 2.24) is 10.2 Å². The van der Waals surface area contributed by atoms with Crippen molar-refractivity contribution in [3.8, 4) is 11.5 Å². The second kappa shape index (κ2) is 6.82. The first-order chi connectivity index (χ1) is 12.6. The quantitative estimate of drug-likeness (QED) is 0.629. The summed E-state index contributed by atoms with van der Waals surface area (Å²) < 4.78 is 10.6. The molecule has 1 aromatic carbocycles. The van der Waals surface area contributed by atoms with Gasteiger partial charge in [-0.2, -0.15) is 0 Å². The Morgan fingerprint density at radius 3 is 2.50 bits per heavy atom. The highest BCUT2D eigenvalue weighted by atomic mass is 16.7. The molecule has 26 heavy (non-hydrogen) atoms. The molecule has 4 rings (SSSR count). The monoisotopic (exact) mass is 356 g/mol. The van der Waals surface area contributed by atoms with Gasteiger partial charge >= 0.3 is 0 Å². The van der Waals surface area contributed by atoms with Gasteiger partial charge < -0.3 is 14.8 Å². The van der Waals surface area contributed by atoms with E-state index in [2.05, 4.69) is 5.32 Å². The summed E-state index contributed by atoms with van der Waals surface area (Å²) in [6, 6.07) is 5.65. The van der Waals surface area contributed by atoms with E-state index in [0.29, 0.717) is 31.6 Å². The van der Waals surface area contributed by atoms with E-state index in [-0.39, 0.29) is 42.9 Å². The number of rotatable bonds is 5. The van der Waals surface area contributed by atoms with Crippen LogP contribution >= 0.6 is 0 Å². The number of hydrogen-bond acceptors (Lipinski definition) is 5. The normalized spacial score (nSPS) is 23.3. The first-order valence-electron chi connectivity index (χ1n) is 8.79. The van der Waals surface area contributed by atoms with Crippen molar-refractivity contribution in [2.24, 2.45) is 11.8 Å². The maximum atomic E-state index is 12.4. The van der Waals surface area contributed by atoms with E-state index in [9.17, 15) is 14.4 Å². The highest BCUT2D eigenvalue weighted by Gasteiger charge is 2.47. The smallest absolute Gasteiger partial charge is 0.240 e. The summed E-state index contributed by atoms with van der Waals surface area (Å²) in [5, 5.41) is 2.78. The van der Waals surface area contributed by atoms with E-state index in [4.69, 9.17) is 9.47 Å². The molecule has 2 heterocycles. The summed E-state index contributed by atoms with van der Waals surface area (Å²) in [7, 11) is 0. The van der Waals surface area contributed by atoms with E-state index in [1.165, 1.54) is 0 Å². The average molecular weight is 356 g/mol. The number of benzene rings is 1. The van der Waals surface area contributed by atoms with Crippen molar-refractivity contribution in [3.63, 3.8) is 0 Å². The number of amides is 3. The van der Waals surface area contributed by atoms with Crippen molar-refractivity contribution in [1.29, 1.82) is 0 Å². The molecule has 7 nitrogen and oxygen atoms in total. The fraction of sp³-hybridized carbons (Fsp3) is 0.421. The topological polar surface area (TPSA) is 84.9 Å². The molecule has 2 atom stereocenters. The maximum Gasteiger partial charge on any atom is 0.240 e.